The van der Waals surface area contributed by atoms with Crippen molar-refractivity contribution in [2.45, 2.75) is 38.6 Å². The number of Topliss-reactive ketones (excluding diaryl/α,β-unsaturated/α-hetero) is 1. The van der Waals surface area contributed by atoms with E-state index in [2.05, 4.69) is 0 Å². The summed E-state index contributed by atoms with van der Waals surface area (Å²) in [4.78, 5) is 54.9. The molecule has 0 radical (unpaired) electrons. The molecule has 4 atom stereocenters. The number of nitrogens with zero attached hydrogens (tertiary/aromatic N) is 2. The monoisotopic (exact) mass is 568 g/mol. The van der Waals surface area contributed by atoms with Crippen LogP contribution < -0.4 is 0 Å². The van der Waals surface area contributed by atoms with E-state index in [0.29, 0.717) is 22.9 Å². The Bertz CT molecular complexity index is 1200. The Balaban J connectivity index is 1.82. The lowest BCUT2D eigenvalue weighted by molar-refractivity contribution is -0.156. The second-order valence-corrected chi connectivity index (χ2v) is 10.9. The molecule has 2 aromatic carbocycles. The Hall–Kier alpha value is -2.12. The number of alkyl halides is 1. The van der Waals surface area contributed by atoms with Gasteiger partial charge in [-0.2, -0.15) is 5.01 Å². The number of halogens is 4. The average molecular weight is 570 g/mol. The van der Waals surface area contributed by atoms with Crippen LogP contribution in [0.25, 0.3) is 0 Å². The van der Waals surface area contributed by atoms with Gasteiger partial charge in [-0.3, -0.25) is 19.2 Å². The molecule has 190 valence electrons. The van der Waals surface area contributed by atoms with Crippen molar-refractivity contribution in [3.8, 4) is 0 Å². The van der Waals surface area contributed by atoms with Crippen LogP contribution in [0.4, 0.5) is 0 Å². The van der Waals surface area contributed by atoms with Gasteiger partial charge >= 0.3 is 0 Å². The molecule has 0 aromatic heterocycles. The molecule has 0 N–H and O–H groups in total. The molecule has 1 heterocycles. The second kappa shape index (κ2) is 11.1. The van der Waals surface area contributed by atoms with Crippen LogP contribution in [0.15, 0.2) is 42.5 Å². The number of carbonyl (C=O) groups is 4. The van der Waals surface area contributed by atoms with Crippen LogP contribution >= 0.6 is 46.4 Å². The third-order valence-corrected chi connectivity index (χ3v) is 7.88. The maximum absolute atomic E-state index is 14.0. The molecule has 1 aliphatic carbocycles. The van der Waals surface area contributed by atoms with Crippen molar-refractivity contribution in [3.63, 3.8) is 0 Å². The molecular formula is C26H24Cl4N2O4. The van der Waals surface area contributed by atoms with E-state index in [9.17, 15) is 19.2 Å². The number of rotatable bonds is 7. The third-order valence-electron chi connectivity index (χ3n) is 6.86. The van der Waals surface area contributed by atoms with Gasteiger partial charge in [0.05, 0.1) is 22.4 Å². The van der Waals surface area contributed by atoms with Crippen LogP contribution in [0.1, 0.15) is 53.3 Å². The topological polar surface area (TPSA) is 74.8 Å². The van der Waals surface area contributed by atoms with Gasteiger partial charge in [-0.15, -0.1) is 11.6 Å². The first kappa shape index (κ1) is 26.9. The lowest BCUT2D eigenvalue weighted by Crippen LogP contribution is -2.57. The molecule has 4 rings (SSSR count). The number of imide groups is 1. The first-order chi connectivity index (χ1) is 17.1. The Labute approximate surface area is 229 Å². The number of hydrogen-bond acceptors (Lipinski definition) is 4. The van der Waals surface area contributed by atoms with Gasteiger partial charge in [0.2, 0.25) is 0 Å². The summed E-state index contributed by atoms with van der Waals surface area (Å²) in [6, 6.07) is 9.21. The fourth-order valence-electron chi connectivity index (χ4n) is 5.02. The van der Waals surface area contributed by atoms with E-state index >= 15 is 0 Å². The van der Waals surface area contributed by atoms with E-state index in [-0.39, 0.29) is 34.4 Å². The van der Waals surface area contributed by atoms with Gasteiger partial charge in [0, 0.05) is 21.5 Å². The SMILES string of the molecule is C[C@@H]1CC[C@@H]2C(=O)N(N(C(=O)c3ccc(Cl)cc3Cl)[C@H](CCCl)C(=O)c3ccc(Cl)cc3)C(=O)[C@@H]2C1. The molecule has 0 bridgehead atoms. The van der Waals surface area contributed by atoms with E-state index in [4.69, 9.17) is 46.4 Å². The van der Waals surface area contributed by atoms with Crippen molar-refractivity contribution < 1.29 is 19.2 Å². The molecule has 2 fully saturated rings. The van der Waals surface area contributed by atoms with Crippen LogP contribution in [0, 0.1) is 17.8 Å². The van der Waals surface area contributed by atoms with Gasteiger partial charge in [0.1, 0.15) is 6.04 Å². The van der Waals surface area contributed by atoms with Gasteiger partial charge in [-0.1, -0.05) is 41.7 Å². The van der Waals surface area contributed by atoms with Crippen molar-refractivity contribution >= 4 is 69.9 Å². The number of ketones is 1. The van der Waals surface area contributed by atoms with Gasteiger partial charge in [0.15, 0.2) is 5.78 Å². The standard InChI is InChI=1S/C26H24Cl4N2O4/c1-14-2-8-18-20(12-14)26(36)32(24(18)34)31(25(35)19-9-7-17(29)13-21(19)30)22(10-11-27)23(33)15-3-5-16(28)6-4-15/h3-7,9,13-14,18,20,22H,2,8,10-12H2,1H3/t14-,18+,20-,22-/m1/s1. The molecule has 6 nitrogen and oxygen atoms in total. The van der Waals surface area contributed by atoms with Gasteiger partial charge in [-0.25, -0.2) is 5.01 Å². The summed E-state index contributed by atoms with van der Waals surface area (Å²) in [5, 5.41) is 2.61. The van der Waals surface area contributed by atoms with E-state index in [0.717, 1.165) is 16.4 Å². The summed E-state index contributed by atoms with van der Waals surface area (Å²) < 4.78 is 0. The second-order valence-electron chi connectivity index (χ2n) is 9.26. The highest BCUT2D eigenvalue weighted by Crippen LogP contribution is 2.42. The predicted molar refractivity (Wildman–Crippen MR) is 139 cm³/mol. The zero-order valence-electron chi connectivity index (χ0n) is 19.4. The third kappa shape index (κ3) is 5.14. The fourth-order valence-corrected chi connectivity index (χ4v) is 5.84. The largest absolute Gasteiger partial charge is 0.292 e. The molecule has 1 saturated heterocycles. The van der Waals surface area contributed by atoms with Crippen molar-refractivity contribution in [3.05, 3.63) is 68.7 Å². The molecule has 10 heteroatoms. The van der Waals surface area contributed by atoms with Crippen LogP contribution in [0.3, 0.4) is 0 Å². The quantitative estimate of drug-likeness (QED) is 0.222. The summed E-state index contributed by atoms with van der Waals surface area (Å²) >= 11 is 24.4. The fraction of sp³-hybridized carbons (Fsp3) is 0.385. The van der Waals surface area contributed by atoms with Crippen molar-refractivity contribution in [2.75, 3.05) is 5.88 Å². The summed E-state index contributed by atoms with van der Waals surface area (Å²) in [6.07, 6.45) is 1.89. The summed E-state index contributed by atoms with van der Waals surface area (Å²) in [7, 11) is 0. The summed E-state index contributed by atoms with van der Waals surface area (Å²) in [5.74, 6) is -3.02. The van der Waals surface area contributed by atoms with Crippen molar-refractivity contribution in [1.82, 2.24) is 10.0 Å². The molecule has 1 saturated carbocycles. The first-order valence-corrected chi connectivity index (χ1v) is 13.3. The van der Waals surface area contributed by atoms with E-state index < -0.39 is 41.4 Å². The molecule has 2 aliphatic rings. The van der Waals surface area contributed by atoms with Crippen molar-refractivity contribution in [2.24, 2.45) is 17.8 Å². The molecular weight excluding hydrogens is 546 g/mol. The minimum absolute atomic E-state index is 0.00222. The molecule has 3 amide bonds. The number of hydrogen-bond donors (Lipinski definition) is 0. The highest BCUT2D eigenvalue weighted by molar-refractivity contribution is 6.37. The summed E-state index contributed by atoms with van der Waals surface area (Å²) in [6.45, 7) is 2.04. The number of amides is 3. The first-order valence-electron chi connectivity index (χ1n) is 11.7. The van der Waals surface area contributed by atoms with Crippen LogP contribution in [0.5, 0.6) is 0 Å². The van der Waals surface area contributed by atoms with Crippen LogP contribution in [-0.2, 0) is 9.59 Å². The van der Waals surface area contributed by atoms with E-state index in [1.54, 1.807) is 12.1 Å². The minimum atomic E-state index is -1.23. The van der Waals surface area contributed by atoms with Gasteiger partial charge in [0.25, 0.3) is 17.7 Å². The maximum Gasteiger partial charge on any atom is 0.275 e. The smallest absolute Gasteiger partial charge is 0.275 e. The molecule has 0 unspecified atom stereocenters. The highest BCUT2D eigenvalue weighted by Gasteiger charge is 2.54. The van der Waals surface area contributed by atoms with Crippen LogP contribution in [0.2, 0.25) is 15.1 Å². The average Bonchev–Trinajstić information content (AvgIpc) is 3.08. The van der Waals surface area contributed by atoms with Crippen molar-refractivity contribution in [1.29, 1.82) is 0 Å². The van der Waals surface area contributed by atoms with Gasteiger partial charge in [-0.05, 0) is 74.1 Å². The minimum Gasteiger partial charge on any atom is -0.292 e. The van der Waals surface area contributed by atoms with Crippen LogP contribution in [-0.4, -0.2) is 45.4 Å². The molecule has 0 spiro atoms. The maximum atomic E-state index is 14.0. The lowest BCUT2D eigenvalue weighted by Gasteiger charge is -2.36. The molecule has 36 heavy (non-hydrogen) atoms. The Morgan fingerprint density at radius 1 is 0.972 bits per heavy atom. The zero-order valence-corrected chi connectivity index (χ0v) is 22.4. The molecule has 2 aromatic rings. The highest BCUT2D eigenvalue weighted by atomic mass is 35.5. The van der Waals surface area contributed by atoms with E-state index in [1.807, 2.05) is 6.92 Å². The lowest BCUT2D eigenvalue weighted by atomic mass is 9.76. The predicted octanol–water partition coefficient (Wildman–Crippen LogP) is 6.31. The Morgan fingerprint density at radius 2 is 1.61 bits per heavy atom. The summed E-state index contributed by atoms with van der Waals surface area (Å²) in [5.41, 5.74) is 0.271. The number of carbonyl (C=O) groups excluding carboxylic acids is 4. The number of fused-ring (bicyclic) bond motifs is 1. The number of hydrazine groups is 1. The van der Waals surface area contributed by atoms with E-state index in [1.165, 1.54) is 30.3 Å². The Morgan fingerprint density at radius 3 is 2.25 bits per heavy atom. The zero-order chi connectivity index (χ0) is 26.1. The van der Waals surface area contributed by atoms with Gasteiger partial charge < -0.3 is 0 Å². The Kier molecular flexibility index (Phi) is 8.30. The normalized spacial score (nSPS) is 22.4. The molecule has 1 aliphatic heterocycles. The number of benzene rings is 2.